The molecule has 0 aliphatic carbocycles. The molecular formula is C18H17NO. The third-order valence-corrected chi connectivity index (χ3v) is 3.57. The summed E-state index contributed by atoms with van der Waals surface area (Å²) in [6.45, 7) is 2.31. The van der Waals surface area contributed by atoms with E-state index >= 15 is 0 Å². The molecule has 2 nitrogen and oxygen atoms in total. The molecule has 0 aliphatic rings. The van der Waals surface area contributed by atoms with E-state index in [4.69, 9.17) is 10.1 Å². The van der Waals surface area contributed by atoms with Gasteiger partial charge < -0.3 is 5.11 Å². The predicted octanol–water partition coefficient (Wildman–Crippen LogP) is 3.75. The van der Waals surface area contributed by atoms with Crippen molar-refractivity contribution < 1.29 is 5.11 Å². The first-order valence-corrected chi connectivity index (χ1v) is 6.84. The molecule has 0 bridgehead atoms. The van der Waals surface area contributed by atoms with Crippen molar-refractivity contribution in [2.45, 2.75) is 13.3 Å². The number of benzene rings is 2. The number of hydrogen-bond acceptors (Lipinski definition) is 2. The molecule has 0 amide bonds. The second kappa shape index (κ2) is 5.43. The molecule has 100 valence electrons. The van der Waals surface area contributed by atoms with Gasteiger partial charge >= 0.3 is 0 Å². The largest absolute Gasteiger partial charge is 0.396 e. The molecule has 0 unspecified atom stereocenters. The number of fused-ring (bicyclic) bond motifs is 1. The summed E-state index contributed by atoms with van der Waals surface area (Å²) in [6.07, 6.45) is 0.699. The second-order valence-electron chi connectivity index (χ2n) is 5.01. The Labute approximate surface area is 118 Å². The fourth-order valence-electron chi connectivity index (χ4n) is 2.47. The first-order chi connectivity index (χ1) is 9.78. The quantitative estimate of drug-likeness (QED) is 0.780. The van der Waals surface area contributed by atoms with E-state index < -0.39 is 0 Å². The molecule has 2 heteroatoms. The summed E-state index contributed by atoms with van der Waals surface area (Å²) in [4.78, 5) is 4.73. The van der Waals surface area contributed by atoms with Crippen LogP contribution in [0.5, 0.6) is 0 Å². The van der Waals surface area contributed by atoms with E-state index in [0.29, 0.717) is 6.42 Å². The van der Waals surface area contributed by atoms with Crippen molar-refractivity contribution in [2.24, 2.45) is 0 Å². The Balaban J connectivity index is 2.05. The van der Waals surface area contributed by atoms with Crippen molar-refractivity contribution in [3.8, 4) is 11.3 Å². The van der Waals surface area contributed by atoms with Gasteiger partial charge in [-0.25, -0.2) is 4.98 Å². The number of rotatable bonds is 3. The van der Waals surface area contributed by atoms with Gasteiger partial charge in [-0.15, -0.1) is 0 Å². The van der Waals surface area contributed by atoms with Crippen molar-refractivity contribution in [3.63, 3.8) is 0 Å². The van der Waals surface area contributed by atoms with Crippen LogP contribution in [0.25, 0.3) is 22.2 Å². The van der Waals surface area contributed by atoms with E-state index in [9.17, 15) is 0 Å². The number of nitrogens with zero attached hydrogens (tertiary/aromatic N) is 1. The number of aliphatic hydroxyl groups is 1. The summed E-state index contributed by atoms with van der Waals surface area (Å²) in [5.74, 6) is 0. The van der Waals surface area contributed by atoms with Crippen molar-refractivity contribution in [1.29, 1.82) is 0 Å². The van der Waals surface area contributed by atoms with Crippen LogP contribution < -0.4 is 0 Å². The first-order valence-electron chi connectivity index (χ1n) is 6.84. The van der Waals surface area contributed by atoms with E-state index in [-0.39, 0.29) is 6.61 Å². The number of pyridine rings is 1. The van der Waals surface area contributed by atoms with Crippen LogP contribution in [0.15, 0.2) is 54.6 Å². The number of aromatic nitrogens is 1. The van der Waals surface area contributed by atoms with E-state index in [2.05, 4.69) is 43.3 Å². The molecule has 20 heavy (non-hydrogen) atoms. The molecule has 1 aromatic heterocycles. The van der Waals surface area contributed by atoms with Gasteiger partial charge in [0.25, 0.3) is 0 Å². The van der Waals surface area contributed by atoms with Crippen molar-refractivity contribution >= 4 is 10.9 Å². The zero-order valence-corrected chi connectivity index (χ0v) is 11.5. The predicted molar refractivity (Wildman–Crippen MR) is 82.7 cm³/mol. The highest BCUT2D eigenvalue weighted by atomic mass is 16.2. The number of aliphatic hydroxyl groups excluding tert-OH is 1. The molecule has 0 saturated carbocycles. The van der Waals surface area contributed by atoms with Gasteiger partial charge in [-0.05, 0) is 36.6 Å². The molecule has 3 rings (SSSR count). The molecule has 3 aromatic rings. The second-order valence-corrected chi connectivity index (χ2v) is 5.01. The smallest absolute Gasteiger partial charge is 0.0712 e. The van der Waals surface area contributed by atoms with Crippen LogP contribution in [0.1, 0.15) is 11.1 Å². The van der Waals surface area contributed by atoms with Crippen LogP contribution >= 0.6 is 0 Å². The molecule has 1 heterocycles. The average Bonchev–Trinajstić information content (AvgIpc) is 2.48. The van der Waals surface area contributed by atoms with Gasteiger partial charge in [0.1, 0.15) is 0 Å². The third kappa shape index (κ3) is 2.43. The van der Waals surface area contributed by atoms with Crippen LogP contribution in [0.4, 0.5) is 0 Å². The van der Waals surface area contributed by atoms with Crippen LogP contribution in [-0.2, 0) is 6.42 Å². The molecule has 0 aliphatic heterocycles. The van der Waals surface area contributed by atoms with Gasteiger partial charge in [0.05, 0.1) is 11.2 Å². The maximum absolute atomic E-state index is 8.95. The summed E-state index contributed by atoms with van der Waals surface area (Å²) < 4.78 is 0. The van der Waals surface area contributed by atoms with Gasteiger partial charge in [-0.1, -0.05) is 42.5 Å². The SMILES string of the molecule is Cc1cc(-c2ccc(CCO)cc2)nc2ccccc12. The van der Waals surface area contributed by atoms with Crippen molar-refractivity contribution in [3.05, 3.63) is 65.7 Å². The number of hydrogen-bond donors (Lipinski definition) is 1. The van der Waals surface area contributed by atoms with Crippen molar-refractivity contribution in [1.82, 2.24) is 4.98 Å². The minimum atomic E-state index is 0.187. The molecule has 2 aromatic carbocycles. The Morgan fingerprint density at radius 2 is 1.75 bits per heavy atom. The minimum absolute atomic E-state index is 0.187. The molecule has 0 fully saturated rings. The lowest BCUT2D eigenvalue weighted by Crippen LogP contribution is -1.91. The van der Waals surface area contributed by atoms with E-state index in [0.717, 1.165) is 22.3 Å². The van der Waals surface area contributed by atoms with Gasteiger partial charge in [-0.3, -0.25) is 0 Å². The van der Waals surface area contributed by atoms with Gasteiger partial charge in [-0.2, -0.15) is 0 Å². The third-order valence-electron chi connectivity index (χ3n) is 3.57. The van der Waals surface area contributed by atoms with Crippen LogP contribution in [0.3, 0.4) is 0 Å². The zero-order chi connectivity index (χ0) is 13.9. The highest BCUT2D eigenvalue weighted by Gasteiger charge is 2.04. The van der Waals surface area contributed by atoms with Crippen LogP contribution in [0, 0.1) is 6.92 Å². The zero-order valence-electron chi connectivity index (χ0n) is 11.5. The molecule has 0 spiro atoms. The van der Waals surface area contributed by atoms with Crippen LogP contribution in [-0.4, -0.2) is 16.7 Å². The van der Waals surface area contributed by atoms with E-state index in [1.807, 2.05) is 18.2 Å². The average molecular weight is 263 g/mol. The fraction of sp³-hybridized carbons (Fsp3) is 0.167. The van der Waals surface area contributed by atoms with E-state index in [1.165, 1.54) is 10.9 Å². The molecule has 0 saturated heterocycles. The maximum Gasteiger partial charge on any atom is 0.0712 e. The highest BCUT2D eigenvalue weighted by Crippen LogP contribution is 2.24. The van der Waals surface area contributed by atoms with E-state index in [1.54, 1.807) is 0 Å². The molecule has 0 radical (unpaired) electrons. The standard InChI is InChI=1S/C18H17NO/c1-13-12-18(19-17-5-3-2-4-16(13)17)15-8-6-14(7-9-15)10-11-20/h2-9,12,20H,10-11H2,1H3. The monoisotopic (exact) mass is 263 g/mol. The number of aryl methyl sites for hydroxylation is 1. The first kappa shape index (κ1) is 12.8. The Hall–Kier alpha value is -2.19. The maximum atomic E-state index is 8.95. The fourth-order valence-corrected chi connectivity index (χ4v) is 2.47. The normalized spacial score (nSPS) is 10.9. The van der Waals surface area contributed by atoms with Gasteiger partial charge in [0.15, 0.2) is 0 Å². The van der Waals surface area contributed by atoms with Gasteiger partial charge in [0, 0.05) is 17.6 Å². The van der Waals surface area contributed by atoms with Gasteiger partial charge in [0.2, 0.25) is 0 Å². The Morgan fingerprint density at radius 1 is 1.00 bits per heavy atom. The molecule has 0 atom stereocenters. The number of para-hydroxylation sites is 1. The Morgan fingerprint density at radius 3 is 2.50 bits per heavy atom. The summed E-state index contributed by atoms with van der Waals surface area (Å²) in [5, 5.41) is 10.2. The lowest BCUT2D eigenvalue weighted by Gasteiger charge is -2.07. The Bertz CT molecular complexity index is 732. The molecular weight excluding hydrogens is 246 g/mol. The lowest BCUT2D eigenvalue weighted by molar-refractivity contribution is 0.299. The van der Waals surface area contributed by atoms with Crippen LogP contribution in [0.2, 0.25) is 0 Å². The summed E-state index contributed by atoms with van der Waals surface area (Å²) in [5.41, 5.74) is 5.53. The lowest BCUT2D eigenvalue weighted by atomic mass is 10.0. The summed E-state index contributed by atoms with van der Waals surface area (Å²) in [7, 11) is 0. The topological polar surface area (TPSA) is 33.1 Å². The van der Waals surface area contributed by atoms with Crippen molar-refractivity contribution in [2.75, 3.05) is 6.61 Å². The minimum Gasteiger partial charge on any atom is -0.396 e. The Kier molecular flexibility index (Phi) is 3.48. The summed E-state index contributed by atoms with van der Waals surface area (Å²) >= 11 is 0. The summed E-state index contributed by atoms with van der Waals surface area (Å²) in [6, 6.07) is 18.6. The highest BCUT2D eigenvalue weighted by molar-refractivity contribution is 5.84. The molecule has 1 N–H and O–H groups in total.